The summed E-state index contributed by atoms with van der Waals surface area (Å²) in [6.45, 7) is 0.394. The third kappa shape index (κ3) is 4.19. The third-order valence-corrected chi connectivity index (χ3v) is 4.51. The number of nitrogens with zero attached hydrogens (tertiary/aromatic N) is 4. The maximum Gasteiger partial charge on any atom is 0.341 e. The number of halogens is 1. The van der Waals surface area contributed by atoms with Gasteiger partial charge >= 0.3 is 6.03 Å². The van der Waals surface area contributed by atoms with E-state index in [1.165, 1.54) is 40.0 Å². The molecule has 10 heteroatoms. The van der Waals surface area contributed by atoms with E-state index in [0.29, 0.717) is 15.0 Å². The van der Waals surface area contributed by atoms with Crippen LogP contribution in [0, 0.1) is 0 Å². The first kappa shape index (κ1) is 17.9. The molecule has 3 N–H and O–H groups in total. The summed E-state index contributed by atoms with van der Waals surface area (Å²) in [7, 11) is 0. The molecule has 0 fully saturated rings. The number of urea groups is 1. The van der Waals surface area contributed by atoms with E-state index >= 15 is 0 Å². The molecule has 2 heterocycles. The molecule has 3 rings (SSSR count). The number of para-hydroxylation sites is 1. The highest BCUT2D eigenvalue weighted by atomic mass is 35.5. The first-order valence-corrected chi connectivity index (χ1v) is 8.75. The Morgan fingerprint density at radius 3 is 2.77 bits per heavy atom. The van der Waals surface area contributed by atoms with Crippen molar-refractivity contribution >= 4 is 46.8 Å². The molecule has 26 heavy (non-hydrogen) atoms. The number of carbonyl (C=O) groups is 2. The van der Waals surface area contributed by atoms with Gasteiger partial charge in [0.05, 0.1) is 24.0 Å². The number of rotatable bonds is 5. The number of primary amides is 1. The second-order valence-electron chi connectivity index (χ2n) is 5.21. The number of nitrogens with one attached hydrogen (secondary N) is 1. The normalized spacial score (nSPS) is 13.3. The van der Waals surface area contributed by atoms with Crippen LogP contribution in [0.15, 0.2) is 53.3 Å². The second-order valence-corrected chi connectivity index (χ2v) is 6.95. The highest BCUT2D eigenvalue weighted by molar-refractivity contribution is 7.15. The van der Waals surface area contributed by atoms with Crippen LogP contribution in [0.3, 0.4) is 0 Å². The van der Waals surface area contributed by atoms with E-state index in [1.54, 1.807) is 12.1 Å². The lowest BCUT2D eigenvalue weighted by atomic mass is 10.3. The standard InChI is InChI=1S/C16H15ClN6O2S/c17-13-7-20-14(26-13)8-21-16(25)23(12-4-2-1-3-5-12)22-9-11(15(18)24)6-19-10-22/h1-7,9H,8,10H2,(H2,18,24)(H,21,25). The Labute approximate surface area is 158 Å². The Balaban J connectivity index is 1.83. The summed E-state index contributed by atoms with van der Waals surface area (Å²) >= 11 is 7.15. The number of amides is 3. The monoisotopic (exact) mass is 390 g/mol. The molecule has 1 aliphatic heterocycles. The Bertz CT molecular complexity index is 867. The van der Waals surface area contributed by atoms with E-state index in [4.69, 9.17) is 17.3 Å². The SMILES string of the molecule is NC(=O)C1=CN(N(C(=O)NCc2ncc(Cl)s2)c2ccccc2)CN=C1. The average Bonchev–Trinajstić information content (AvgIpc) is 3.07. The van der Waals surface area contributed by atoms with Crippen LogP contribution >= 0.6 is 22.9 Å². The van der Waals surface area contributed by atoms with Crippen molar-refractivity contribution in [2.75, 3.05) is 11.7 Å². The minimum atomic E-state index is -0.621. The molecule has 1 aliphatic rings. The van der Waals surface area contributed by atoms with Gasteiger partial charge in [0.15, 0.2) is 0 Å². The summed E-state index contributed by atoms with van der Waals surface area (Å²) in [6.07, 6.45) is 4.41. The van der Waals surface area contributed by atoms with E-state index < -0.39 is 11.9 Å². The summed E-state index contributed by atoms with van der Waals surface area (Å²) in [6, 6.07) is 8.60. The minimum Gasteiger partial charge on any atom is -0.366 e. The molecule has 134 valence electrons. The molecule has 2 aromatic rings. The first-order chi connectivity index (χ1) is 12.5. The highest BCUT2D eigenvalue weighted by Gasteiger charge is 2.24. The Morgan fingerprint density at radius 2 is 2.12 bits per heavy atom. The highest BCUT2D eigenvalue weighted by Crippen LogP contribution is 2.20. The van der Waals surface area contributed by atoms with E-state index in [0.717, 1.165) is 0 Å². The molecular formula is C16H15ClN6O2S. The number of carbonyl (C=O) groups excluding carboxylic acids is 2. The van der Waals surface area contributed by atoms with Gasteiger partial charge in [0.2, 0.25) is 0 Å². The molecular weight excluding hydrogens is 376 g/mol. The smallest absolute Gasteiger partial charge is 0.341 e. The molecule has 0 spiro atoms. The topological polar surface area (TPSA) is 104 Å². The molecule has 0 radical (unpaired) electrons. The fourth-order valence-corrected chi connectivity index (χ4v) is 3.15. The predicted octanol–water partition coefficient (Wildman–Crippen LogP) is 2.14. The van der Waals surface area contributed by atoms with E-state index in [9.17, 15) is 9.59 Å². The number of aliphatic imine (C=N–C) groups is 1. The van der Waals surface area contributed by atoms with Gasteiger partial charge in [-0.25, -0.2) is 14.8 Å². The average molecular weight is 391 g/mol. The number of anilines is 1. The van der Waals surface area contributed by atoms with Crippen molar-refractivity contribution in [3.63, 3.8) is 0 Å². The second kappa shape index (κ2) is 7.98. The van der Waals surface area contributed by atoms with Gasteiger partial charge in [-0.1, -0.05) is 29.8 Å². The molecule has 0 atom stereocenters. The number of thiazole rings is 1. The molecule has 0 saturated heterocycles. The Morgan fingerprint density at radius 1 is 1.35 bits per heavy atom. The van der Waals surface area contributed by atoms with Crippen molar-refractivity contribution in [3.8, 4) is 0 Å². The lowest BCUT2D eigenvalue weighted by Crippen LogP contribution is -2.50. The van der Waals surface area contributed by atoms with Gasteiger partial charge in [0, 0.05) is 12.4 Å². The van der Waals surface area contributed by atoms with Crippen LogP contribution in [0.1, 0.15) is 5.01 Å². The van der Waals surface area contributed by atoms with Crippen LogP contribution in [-0.4, -0.2) is 34.8 Å². The van der Waals surface area contributed by atoms with Crippen LogP contribution in [0.25, 0.3) is 0 Å². The van der Waals surface area contributed by atoms with E-state index in [1.807, 2.05) is 18.2 Å². The van der Waals surface area contributed by atoms with Crippen molar-refractivity contribution < 1.29 is 9.59 Å². The predicted molar refractivity (Wildman–Crippen MR) is 101 cm³/mol. The summed E-state index contributed by atoms with van der Waals surface area (Å²) in [5.74, 6) is -0.621. The Kier molecular flexibility index (Phi) is 5.49. The van der Waals surface area contributed by atoms with Gasteiger partial charge in [-0.05, 0) is 12.1 Å². The van der Waals surface area contributed by atoms with Crippen molar-refractivity contribution in [1.29, 1.82) is 0 Å². The number of hydrogen-bond acceptors (Lipinski definition) is 6. The van der Waals surface area contributed by atoms with Crippen molar-refractivity contribution in [2.24, 2.45) is 10.7 Å². The first-order valence-electron chi connectivity index (χ1n) is 7.56. The quantitative estimate of drug-likeness (QED) is 0.816. The Hall–Kier alpha value is -2.91. The molecule has 0 bridgehead atoms. The largest absolute Gasteiger partial charge is 0.366 e. The maximum absolute atomic E-state index is 12.8. The molecule has 1 aromatic heterocycles. The van der Waals surface area contributed by atoms with Gasteiger partial charge in [0.25, 0.3) is 5.91 Å². The zero-order chi connectivity index (χ0) is 18.5. The molecule has 0 aliphatic carbocycles. The molecule has 0 saturated carbocycles. The summed E-state index contributed by atoms with van der Waals surface area (Å²) < 4.78 is 0.550. The van der Waals surface area contributed by atoms with E-state index in [-0.39, 0.29) is 18.8 Å². The maximum atomic E-state index is 12.8. The lowest BCUT2D eigenvalue weighted by Gasteiger charge is -2.34. The lowest BCUT2D eigenvalue weighted by molar-refractivity contribution is -0.114. The van der Waals surface area contributed by atoms with Gasteiger partial charge < -0.3 is 11.1 Å². The number of hydrogen-bond donors (Lipinski definition) is 2. The van der Waals surface area contributed by atoms with Crippen LogP contribution < -0.4 is 16.1 Å². The minimum absolute atomic E-state index is 0.169. The summed E-state index contributed by atoms with van der Waals surface area (Å²) in [4.78, 5) is 32.5. The fraction of sp³-hybridized carbons (Fsp3) is 0.125. The van der Waals surface area contributed by atoms with E-state index in [2.05, 4.69) is 15.3 Å². The summed E-state index contributed by atoms with van der Waals surface area (Å²) in [5.41, 5.74) is 6.13. The van der Waals surface area contributed by atoms with Gasteiger partial charge in [-0.2, -0.15) is 0 Å². The number of benzene rings is 1. The third-order valence-electron chi connectivity index (χ3n) is 3.40. The molecule has 3 amide bonds. The number of nitrogens with two attached hydrogens (primary N) is 1. The zero-order valence-electron chi connectivity index (χ0n) is 13.5. The van der Waals surface area contributed by atoms with Gasteiger partial charge in [-0.3, -0.25) is 14.8 Å². The van der Waals surface area contributed by atoms with Gasteiger partial charge in [-0.15, -0.1) is 11.3 Å². The fourth-order valence-electron chi connectivity index (χ4n) is 2.25. The zero-order valence-corrected chi connectivity index (χ0v) is 15.1. The molecule has 0 unspecified atom stereocenters. The molecule has 1 aromatic carbocycles. The summed E-state index contributed by atoms with van der Waals surface area (Å²) in [5, 5.41) is 6.37. The molecule has 8 nitrogen and oxygen atoms in total. The number of hydrazine groups is 1. The van der Waals surface area contributed by atoms with Crippen molar-refractivity contribution in [1.82, 2.24) is 15.3 Å². The van der Waals surface area contributed by atoms with Crippen LogP contribution in [-0.2, 0) is 11.3 Å². The number of aromatic nitrogens is 1. The van der Waals surface area contributed by atoms with Crippen molar-refractivity contribution in [2.45, 2.75) is 6.54 Å². The van der Waals surface area contributed by atoms with Crippen LogP contribution in [0.2, 0.25) is 4.34 Å². The van der Waals surface area contributed by atoms with Gasteiger partial charge in [0.1, 0.15) is 16.0 Å². The van der Waals surface area contributed by atoms with Crippen LogP contribution in [0.4, 0.5) is 10.5 Å². The van der Waals surface area contributed by atoms with Crippen molar-refractivity contribution in [3.05, 3.63) is 57.6 Å². The van der Waals surface area contributed by atoms with Crippen LogP contribution in [0.5, 0.6) is 0 Å².